The highest BCUT2D eigenvalue weighted by atomic mass is 31.2. The summed E-state index contributed by atoms with van der Waals surface area (Å²) in [7, 11) is 1.41. The predicted octanol–water partition coefficient (Wildman–Crippen LogP) is 11.6. The van der Waals surface area contributed by atoms with Crippen LogP contribution in [0.3, 0.4) is 0 Å². The van der Waals surface area contributed by atoms with E-state index in [4.69, 9.17) is 18.5 Å². The van der Waals surface area contributed by atoms with Gasteiger partial charge in [-0.25, -0.2) is 4.57 Å². The largest absolute Gasteiger partial charge is 0.472 e. The first-order valence-electron chi connectivity index (χ1n) is 20.8. The highest BCUT2D eigenvalue weighted by Gasteiger charge is 2.27. The smallest absolute Gasteiger partial charge is 0.462 e. The van der Waals surface area contributed by atoms with Crippen LogP contribution in [-0.4, -0.2) is 74.9 Å². The van der Waals surface area contributed by atoms with E-state index >= 15 is 0 Å². The monoisotopic (exact) mass is 791 g/mol. The minimum Gasteiger partial charge on any atom is -0.462 e. The van der Waals surface area contributed by atoms with Crippen molar-refractivity contribution in [3.8, 4) is 0 Å². The number of ether oxygens (including phenoxy) is 2. The molecule has 0 aliphatic rings. The quantitative estimate of drug-likeness (QED) is 0.0220. The zero-order chi connectivity index (χ0) is 40.7. The molecule has 55 heavy (non-hydrogen) atoms. The lowest BCUT2D eigenvalue weighted by Crippen LogP contribution is -2.37. The molecule has 0 aromatic carbocycles. The number of esters is 2. The number of phosphoric acid groups is 1. The molecular formula is C45H77NO8P+. The SMILES string of the molecule is CC/C=C\C/C=C\C/C=C\C/C=C\C/C=C\CCCC(=O)O[C@H](COC(=O)CCCCCCC/C=C\C/C=C\CCCC)COP(=O)(O)OCC[N+](C)(C)C. The minimum atomic E-state index is -4.40. The average Bonchev–Trinajstić information content (AvgIpc) is 3.13. The van der Waals surface area contributed by atoms with Crippen LogP contribution >= 0.6 is 7.82 Å². The molecule has 0 aliphatic heterocycles. The van der Waals surface area contributed by atoms with Crippen molar-refractivity contribution in [2.45, 2.75) is 142 Å². The fourth-order valence-corrected chi connectivity index (χ4v) is 5.63. The number of likely N-dealkylation sites (N-methyl/N-ethyl adjacent to an activating group) is 1. The summed E-state index contributed by atoms with van der Waals surface area (Å²) in [6, 6.07) is 0. The number of carbonyl (C=O) groups excluding carboxylic acids is 2. The summed E-state index contributed by atoms with van der Waals surface area (Å²) in [5, 5.41) is 0. The Balaban J connectivity index is 4.54. The lowest BCUT2D eigenvalue weighted by atomic mass is 10.1. The number of unbranched alkanes of at least 4 members (excludes halogenated alkanes) is 8. The van der Waals surface area contributed by atoms with Crippen molar-refractivity contribution in [2.75, 3.05) is 47.5 Å². The number of nitrogens with zero attached hydrogens (tertiary/aromatic N) is 1. The van der Waals surface area contributed by atoms with Crippen LogP contribution in [0.2, 0.25) is 0 Å². The maximum atomic E-state index is 12.6. The van der Waals surface area contributed by atoms with E-state index in [1.54, 1.807) is 0 Å². The Labute approximate surface area is 335 Å². The van der Waals surface area contributed by atoms with Crippen molar-refractivity contribution >= 4 is 19.8 Å². The number of hydrogen-bond donors (Lipinski definition) is 1. The molecule has 0 rings (SSSR count). The number of rotatable bonds is 36. The fourth-order valence-electron chi connectivity index (χ4n) is 4.89. The van der Waals surface area contributed by atoms with Gasteiger partial charge in [0.1, 0.15) is 19.8 Å². The van der Waals surface area contributed by atoms with Gasteiger partial charge in [-0.1, -0.05) is 131 Å². The molecule has 1 N–H and O–H groups in total. The number of quaternary nitrogens is 1. The van der Waals surface area contributed by atoms with Gasteiger partial charge in [-0.15, -0.1) is 0 Å². The second-order valence-electron chi connectivity index (χ2n) is 14.6. The van der Waals surface area contributed by atoms with Gasteiger partial charge in [-0.05, 0) is 77.0 Å². The summed E-state index contributed by atoms with van der Waals surface area (Å²) in [5.74, 6) is -0.894. The van der Waals surface area contributed by atoms with Crippen LogP contribution in [0.15, 0.2) is 85.1 Å². The Morgan fingerprint density at radius 1 is 0.582 bits per heavy atom. The zero-order valence-corrected chi connectivity index (χ0v) is 36.0. The molecule has 0 radical (unpaired) electrons. The van der Waals surface area contributed by atoms with Gasteiger partial charge in [0, 0.05) is 12.8 Å². The van der Waals surface area contributed by atoms with Gasteiger partial charge < -0.3 is 18.9 Å². The summed E-state index contributed by atoms with van der Waals surface area (Å²) in [4.78, 5) is 35.3. The molecule has 9 nitrogen and oxygen atoms in total. The molecule has 0 aromatic rings. The summed E-state index contributed by atoms with van der Waals surface area (Å²) >= 11 is 0. The van der Waals surface area contributed by atoms with E-state index in [1.807, 2.05) is 27.2 Å². The molecule has 0 heterocycles. The zero-order valence-electron chi connectivity index (χ0n) is 35.1. The van der Waals surface area contributed by atoms with E-state index in [-0.39, 0.29) is 26.1 Å². The minimum absolute atomic E-state index is 0.0139. The highest BCUT2D eigenvalue weighted by Crippen LogP contribution is 2.43. The van der Waals surface area contributed by atoms with Crippen molar-refractivity contribution < 1.29 is 42.1 Å². The molecule has 0 amide bonds. The van der Waals surface area contributed by atoms with Crippen LogP contribution in [0.1, 0.15) is 136 Å². The average molecular weight is 791 g/mol. The molecule has 0 saturated carbocycles. The second kappa shape index (κ2) is 36.8. The molecule has 0 spiro atoms. The molecule has 0 fully saturated rings. The molecule has 0 bridgehead atoms. The third kappa shape index (κ3) is 40.7. The molecule has 0 aliphatic carbocycles. The number of phosphoric ester groups is 1. The van der Waals surface area contributed by atoms with Crippen molar-refractivity contribution in [3.05, 3.63) is 85.1 Å². The van der Waals surface area contributed by atoms with Gasteiger partial charge >= 0.3 is 19.8 Å². The predicted molar refractivity (Wildman–Crippen MR) is 229 cm³/mol. The van der Waals surface area contributed by atoms with Gasteiger partial charge in [0.2, 0.25) is 0 Å². The van der Waals surface area contributed by atoms with Gasteiger partial charge in [0.05, 0.1) is 27.7 Å². The van der Waals surface area contributed by atoms with E-state index in [9.17, 15) is 19.0 Å². The van der Waals surface area contributed by atoms with Crippen LogP contribution in [0.5, 0.6) is 0 Å². The standard InChI is InChI=1S/C45H76NO8P/c1-6-8-10-12-14-16-18-20-22-23-24-26-28-30-32-34-36-38-45(48)54-43(42-53-55(49,50)52-40-39-46(3,4)5)41-51-44(47)37-35-33-31-29-27-25-21-19-17-15-13-11-9-7-2/h8,10,13-16,19-22,24,26,30,32,43H,6-7,9,11-12,17-18,23,25,27-29,31,33-42H2,1-5H3/p+1/b10-8-,15-13-,16-14-,21-19-,22-20-,26-24-,32-30-/t43-/m1/s1. The lowest BCUT2D eigenvalue weighted by Gasteiger charge is -2.24. The molecule has 1 unspecified atom stereocenters. The molecule has 0 saturated heterocycles. The molecule has 314 valence electrons. The van der Waals surface area contributed by atoms with Crippen molar-refractivity contribution in [1.82, 2.24) is 0 Å². The normalized spacial score (nSPS) is 14.5. The Hall–Kier alpha value is -2.81. The highest BCUT2D eigenvalue weighted by molar-refractivity contribution is 7.47. The number of allylic oxidation sites excluding steroid dienone is 14. The fraction of sp³-hybridized carbons (Fsp3) is 0.644. The molecule has 2 atom stereocenters. The first-order valence-corrected chi connectivity index (χ1v) is 22.3. The third-order valence-electron chi connectivity index (χ3n) is 8.16. The Morgan fingerprint density at radius 2 is 1.05 bits per heavy atom. The lowest BCUT2D eigenvalue weighted by molar-refractivity contribution is -0.870. The van der Waals surface area contributed by atoms with E-state index < -0.39 is 32.5 Å². The van der Waals surface area contributed by atoms with Gasteiger partial charge in [-0.3, -0.25) is 18.6 Å². The molecule has 10 heteroatoms. The number of hydrogen-bond acceptors (Lipinski definition) is 7. The topological polar surface area (TPSA) is 108 Å². The summed E-state index contributed by atoms with van der Waals surface area (Å²) in [6.07, 6.45) is 46.4. The van der Waals surface area contributed by atoms with Crippen molar-refractivity contribution in [1.29, 1.82) is 0 Å². The van der Waals surface area contributed by atoms with Crippen LogP contribution in [0.25, 0.3) is 0 Å². The van der Waals surface area contributed by atoms with E-state index in [1.165, 1.54) is 12.8 Å². The second-order valence-corrected chi connectivity index (χ2v) is 16.1. The molecular weight excluding hydrogens is 713 g/mol. The molecule has 0 aromatic heterocycles. The van der Waals surface area contributed by atoms with Gasteiger partial charge in [0.15, 0.2) is 6.10 Å². The third-order valence-corrected chi connectivity index (χ3v) is 9.14. The van der Waals surface area contributed by atoms with Crippen LogP contribution in [0.4, 0.5) is 0 Å². The van der Waals surface area contributed by atoms with Crippen LogP contribution in [-0.2, 0) is 32.7 Å². The number of carbonyl (C=O) groups is 2. The van der Waals surface area contributed by atoms with E-state index in [2.05, 4.69) is 92.8 Å². The first kappa shape index (κ1) is 52.2. The van der Waals surface area contributed by atoms with E-state index in [0.29, 0.717) is 30.3 Å². The van der Waals surface area contributed by atoms with Crippen LogP contribution < -0.4 is 0 Å². The maximum Gasteiger partial charge on any atom is 0.472 e. The first-order chi connectivity index (χ1) is 26.5. The van der Waals surface area contributed by atoms with Gasteiger partial charge in [-0.2, -0.15) is 0 Å². The Kier molecular flexibility index (Phi) is 34.9. The van der Waals surface area contributed by atoms with Crippen LogP contribution in [0, 0.1) is 0 Å². The Bertz CT molecular complexity index is 1210. The van der Waals surface area contributed by atoms with Crippen molar-refractivity contribution in [2.24, 2.45) is 0 Å². The summed E-state index contributed by atoms with van der Waals surface area (Å²) < 4.78 is 34.2. The summed E-state index contributed by atoms with van der Waals surface area (Å²) in [5.41, 5.74) is 0. The van der Waals surface area contributed by atoms with Crippen molar-refractivity contribution in [3.63, 3.8) is 0 Å². The summed E-state index contributed by atoms with van der Waals surface area (Å²) in [6.45, 7) is 4.15. The Morgan fingerprint density at radius 3 is 1.60 bits per heavy atom. The van der Waals surface area contributed by atoms with E-state index in [0.717, 1.165) is 77.0 Å². The van der Waals surface area contributed by atoms with Gasteiger partial charge in [0.25, 0.3) is 0 Å². The maximum absolute atomic E-state index is 12.6.